The van der Waals surface area contributed by atoms with Crippen LogP contribution in [0.2, 0.25) is 0 Å². The van der Waals surface area contributed by atoms with Crippen LogP contribution in [-0.2, 0) is 4.79 Å². The van der Waals surface area contributed by atoms with Crippen molar-refractivity contribution in [3.05, 3.63) is 11.8 Å². The average molecular weight is 223 g/mol. The Balaban J connectivity index is 1.87. The van der Waals surface area contributed by atoms with Crippen molar-refractivity contribution in [3.63, 3.8) is 0 Å². The minimum Gasteiger partial charge on any atom is -0.477 e. The van der Waals surface area contributed by atoms with Gasteiger partial charge in [-0.1, -0.05) is 6.42 Å². The van der Waals surface area contributed by atoms with E-state index in [9.17, 15) is 9.59 Å². The predicted molar refractivity (Wildman–Crippen MR) is 56.1 cm³/mol. The molecule has 6 heteroatoms. The van der Waals surface area contributed by atoms with Gasteiger partial charge in [-0.05, 0) is 18.8 Å². The molecule has 6 nitrogen and oxygen atoms in total. The van der Waals surface area contributed by atoms with Gasteiger partial charge in [0.15, 0.2) is 5.82 Å². The van der Waals surface area contributed by atoms with Crippen molar-refractivity contribution >= 4 is 17.7 Å². The van der Waals surface area contributed by atoms with E-state index in [1.807, 2.05) is 0 Å². The summed E-state index contributed by atoms with van der Waals surface area (Å²) in [6.07, 6.45) is 3.90. The first kappa shape index (κ1) is 10.7. The van der Waals surface area contributed by atoms with Crippen LogP contribution in [0.1, 0.15) is 36.2 Å². The number of carboxylic acid groups (broad SMARTS) is 1. The Hall–Kier alpha value is -1.85. The molecule has 0 spiro atoms. The van der Waals surface area contributed by atoms with Crippen LogP contribution in [0.4, 0.5) is 5.82 Å². The van der Waals surface area contributed by atoms with Crippen LogP contribution in [0.5, 0.6) is 0 Å². The van der Waals surface area contributed by atoms with Crippen molar-refractivity contribution in [1.29, 1.82) is 0 Å². The second-order valence-corrected chi connectivity index (χ2v) is 4.02. The van der Waals surface area contributed by atoms with E-state index in [1.165, 1.54) is 12.5 Å². The fourth-order valence-corrected chi connectivity index (χ4v) is 1.65. The Morgan fingerprint density at radius 1 is 1.56 bits per heavy atom. The van der Waals surface area contributed by atoms with Crippen LogP contribution in [0.3, 0.4) is 0 Å². The summed E-state index contributed by atoms with van der Waals surface area (Å²) in [7, 11) is 0. The summed E-state index contributed by atoms with van der Waals surface area (Å²) >= 11 is 0. The van der Waals surface area contributed by atoms with E-state index in [4.69, 9.17) is 5.11 Å². The summed E-state index contributed by atoms with van der Waals surface area (Å²) in [5, 5.41) is 17.2. The van der Waals surface area contributed by atoms with Crippen molar-refractivity contribution in [2.75, 3.05) is 5.32 Å². The summed E-state index contributed by atoms with van der Waals surface area (Å²) in [5.74, 6) is -0.445. The summed E-state index contributed by atoms with van der Waals surface area (Å²) in [5.41, 5.74) is -0.0288. The van der Waals surface area contributed by atoms with Crippen molar-refractivity contribution in [2.45, 2.75) is 25.7 Å². The molecule has 0 bridgehead atoms. The third-order valence-corrected chi connectivity index (χ3v) is 2.77. The smallest absolute Gasteiger partial charge is 0.353 e. The maximum absolute atomic E-state index is 11.5. The first-order chi connectivity index (χ1) is 7.65. The number of hydrogen-bond acceptors (Lipinski definition) is 3. The van der Waals surface area contributed by atoms with Gasteiger partial charge in [0.25, 0.3) is 0 Å². The van der Waals surface area contributed by atoms with Gasteiger partial charge in [0, 0.05) is 12.5 Å². The molecule has 1 aliphatic rings. The number of nitrogens with zero attached hydrogens (tertiary/aromatic N) is 1. The third kappa shape index (κ3) is 2.39. The monoisotopic (exact) mass is 223 g/mol. The summed E-state index contributed by atoms with van der Waals surface area (Å²) in [6.45, 7) is 0. The predicted octanol–water partition coefficient (Wildman–Crippen LogP) is 1.24. The van der Waals surface area contributed by atoms with Crippen LogP contribution in [0.15, 0.2) is 6.07 Å². The number of aromatic amines is 1. The number of aromatic nitrogens is 2. The van der Waals surface area contributed by atoms with Gasteiger partial charge >= 0.3 is 5.97 Å². The van der Waals surface area contributed by atoms with Crippen molar-refractivity contribution in [3.8, 4) is 0 Å². The summed E-state index contributed by atoms with van der Waals surface area (Å²) < 4.78 is 0. The lowest BCUT2D eigenvalue weighted by molar-refractivity contribution is -0.117. The van der Waals surface area contributed by atoms with Crippen LogP contribution in [-0.4, -0.2) is 27.2 Å². The Morgan fingerprint density at radius 3 is 2.81 bits per heavy atom. The number of nitrogens with one attached hydrogen (secondary N) is 2. The maximum Gasteiger partial charge on any atom is 0.353 e. The zero-order valence-electron chi connectivity index (χ0n) is 8.69. The number of carbonyl (C=O) groups is 2. The number of carbonyl (C=O) groups excluding carboxylic acids is 1. The van der Waals surface area contributed by atoms with Crippen molar-refractivity contribution in [2.24, 2.45) is 5.92 Å². The van der Waals surface area contributed by atoms with E-state index in [-0.39, 0.29) is 17.4 Å². The molecular formula is C10H13N3O3. The van der Waals surface area contributed by atoms with E-state index in [0.717, 1.165) is 12.8 Å². The van der Waals surface area contributed by atoms with Gasteiger partial charge < -0.3 is 10.4 Å². The molecule has 0 unspecified atom stereocenters. The highest BCUT2D eigenvalue weighted by molar-refractivity contribution is 5.92. The zero-order chi connectivity index (χ0) is 11.5. The fraction of sp³-hybridized carbons (Fsp3) is 0.500. The van der Waals surface area contributed by atoms with Gasteiger partial charge in [-0.15, -0.1) is 0 Å². The molecule has 86 valence electrons. The molecule has 0 radical (unpaired) electrons. The topological polar surface area (TPSA) is 95.1 Å². The van der Waals surface area contributed by atoms with Crippen LogP contribution >= 0.6 is 0 Å². The van der Waals surface area contributed by atoms with E-state index in [0.29, 0.717) is 12.3 Å². The molecule has 1 heterocycles. The van der Waals surface area contributed by atoms with Crippen molar-refractivity contribution in [1.82, 2.24) is 10.2 Å². The van der Waals surface area contributed by atoms with Crippen LogP contribution < -0.4 is 5.32 Å². The summed E-state index contributed by atoms with van der Waals surface area (Å²) in [6, 6.07) is 1.31. The first-order valence-electron chi connectivity index (χ1n) is 5.23. The number of aromatic carboxylic acids is 1. The molecule has 1 amide bonds. The van der Waals surface area contributed by atoms with Gasteiger partial charge in [0.1, 0.15) is 5.69 Å². The van der Waals surface area contributed by atoms with Gasteiger partial charge in [-0.3, -0.25) is 9.89 Å². The molecule has 3 N–H and O–H groups in total. The molecule has 2 rings (SSSR count). The second kappa shape index (κ2) is 4.34. The first-order valence-corrected chi connectivity index (χ1v) is 5.23. The minimum absolute atomic E-state index is 0.0288. The number of H-pyrrole nitrogens is 1. The molecule has 16 heavy (non-hydrogen) atoms. The molecule has 1 saturated carbocycles. The maximum atomic E-state index is 11.5. The molecule has 0 atom stereocenters. The van der Waals surface area contributed by atoms with Gasteiger partial charge in [-0.2, -0.15) is 5.10 Å². The van der Waals surface area contributed by atoms with E-state index in [1.54, 1.807) is 0 Å². The third-order valence-electron chi connectivity index (χ3n) is 2.77. The molecule has 0 aromatic carbocycles. The lowest BCUT2D eigenvalue weighted by atomic mass is 9.83. The van der Waals surface area contributed by atoms with Crippen LogP contribution in [0.25, 0.3) is 0 Å². The Bertz CT molecular complexity index is 409. The Morgan fingerprint density at radius 2 is 2.31 bits per heavy atom. The molecular weight excluding hydrogens is 210 g/mol. The lowest BCUT2D eigenvalue weighted by Gasteiger charge is -2.24. The number of hydrogen-bond donors (Lipinski definition) is 3. The summed E-state index contributed by atoms with van der Waals surface area (Å²) in [4.78, 5) is 22.0. The highest BCUT2D eigenvalue weighted by Crippen LogP contribution is 2.29. The zero-order valence-corrected chi connectivity index (χ0v) is 8.69. The number of anilines is 1. The molecule has 0 aliphatic heterocycles. The van der Waals surface area contributed by atoms with E-state index < -0.39 is 5.97 Å². The molecule has 1 aliphatic carbocycles. The SMILES string of the molecule is O=C(CC1CCC1)Nc1cc(C(=O)O)[nH]n1. The highest BCUT2D eigenvalue weighted by Gasteiger charge is 2.21. The largest absolute Gasteiger partial charge is 0.477 e. The highest BCUT2D eigenvalue weighted by atomic mass is 16.4. The number of amides is 1. The molecule has 1 aromatic heterocycles. The minimum atomic E-state index is -1.09. The quantitative estimate of drug-likeness (QED) is 0.715. The van der Waals surface area contributed by atoms with Crippen molar-refractivity contribution < 1.29 is 14.7 Å². The van der Waals surface area contributed by atoms with E-state index in [2.05, 4.69) is 15.5 Å². The molecule has 1 fully saturated rings. The fourth-order valence-electron chi connectivity index (χ4n) is 1.65. The standard InChI is InChI=1S/C10H13N3O3/c14-9(4-6-2-1-3-6)11-8-5-7(10(15)16)12-13-8/h5-6H,1-4H2,(H,15,16)(H2,11,12,13,14). The molecule has 0 saturated heterocycles. The Kier molecular flexibility index (Phi) is 2.89. The number of rotatable bonds is 4. The van der Waals surface area contributed by atoms with Gasteiger partial charge in [0.2, 0.25) is 5.91 Å². The average Bonchev–Trinajstić information content (AvgIpc) is 2.60. The molecule has 1 aromatic rings. The van der Waals surface area contributed by atoms with Gasteiger partial charge in [0.05, 0.1) is 0 Å². The normalized spacial score (nSPS) is 15.5. The Labute approximate surface area is 92.0 Å². The number of carboxylic acids is 1. The van der Waals surface area contributed by atoms with Crippen LogP contribution in [0, 0.1) is 5.92 Å². The second-order valence-electron chi connectivity index (χ2n) is 4.02. The lowest BCUT2D eigenvalue weighted by Crippen LogP contribution is -2.20. The van der Waals surface area contributed by atoms with E-state index >= 15 is 0 Å². The van der Waals surface area contributed by atoms with Gasteiger partial charge in [-0.25, -0.2) is 4.79 Å².